The molecule has 2 aliphatic heterocycles. The maximum Gasteiger partial charge on any atom is 0.253 e. The summed E-state index contributed by atoms with van der Waals surface area (Å²) in [6.07, 6.45) is 5.96. The smallest absolute Gasteiger partial charge is 0.253 e. The predicted octanol–water partition coefficient (Wildman–Crippen LogP) is 2.21. The molecule has 1 aromatic carbocycles. The molecule has 3 fully saturated rings. The van der Waals surface area contributed by atoms with E-state index in [0.717, 1.165) is 57.2 Å². The van der Waals surface area contributed by atoms with Gasteiger partial charge >= 0.3 is 0 Å². The van der Waals surface area contributed by atoms with E-state index in [1.54, 1.807) is 0 Å². The van der Waals surface area contributed by atoms with Crippen LogP contribution in [0.3, 0.4) is 0 Å². The first-order valence-electron chi connectivity index (χ1n) is 10.2. The SMILES string of the molecule is O=C(c1ccc(N2CCCC2)cc1)N1CCN(CC2CC2)[C@@H](CCO)C1. The van der Waals surface area contributed by atoms with Crippen LogP contribution in [0.25, 0.3) is 0 Å². The van der Waals surface area contributed by atoms with Gasteiger partial charge < -0.3 is 14.9 Å². The normalized spacial score (nSPS) is 24.3. The van der Waals surface area contributed by atoms with Crippen LogP contribution in [0.15, 0.2) is 24.3 Å². The molecule has 5 heteroatoms. The largest absolute Gasteiger partial charge is 0.396 e. The number of piperazine rings is 1. The third kappa shape index (κ3) is 4.04. The zero-order valence-corrected chi connectivity index (χ0v) is 15.6. The van der Waals surface area contributed by atoms with E-state index < -0.39 is 0 Å². The zero-order valence-electron chi connectivity index (χ0n) is 15.6. The van der Waals surface area contributed by atoms with Crippen molar-refractivity contribution in [3.8, 4) is 0 Å². The lowest BCUT2D eigenvalue weighted by molar-refractivity contribution is 0.0407. The summed E-state index contributed by atoms with van der Waals surface area (Å²) in [5, 5.41) is 9.43. The maximum atomic E-state index is 13.0. The fourth-order valence-electron chi connectivity index (χ4n) is 4.35. The number of rotatable bonds is 6. The molecule has 0 radical (unpaired) electrons. The van der Waals surface area contributed by atoms with E-state index in [1.807, 2.05) is 17.0 Å². The minimum Gasteiger partial charge on any atom is -0.396 e. The number of aliphatic hydroxyl groups excluding tert-OH is 1. The molecule has 142 valence electrons. The number of hydrogen-bond donors (Lipinski definition) is 1. The van der Waals surface area contributed by atoms with E-state index in [-0.39, 0.29) is 12.5 Å². The topological polar surface area (TPSA) is 47.0 Å². The van der Waals surface area contributed by atoms with E-state index in [4.69, 9.17) is 0 Å². The highest BCUT2D eigenvalue weighted by molar-refractivity contribution is 5.94. The van der Waals surface area contributed by atoms with Crippen LogP contribution in [0.2, 0.25) is 0 Å². The van der Waals surface area contributed by atoms with Crippen LogP contribution in [0, 0.1) is 5.92 Å². The number of nitrogens with zero attached hydrogens (tertiary/aromatic N) is 3. The van der Waals surface area contributed by atoms with Gasteiger partial charge in [-0.05, 0) is 62.3 Å². The van der Waals surface area contributed by atoms with Gasteiger partial charge in [0.2, 0.25) is 0 Å². The van der Waals surface area contributed by atoms with Gasteiger partial charge in [-0.1, -0.05) is 0 Å². The fraction of sp³-hybridized carbons (Fsp3) is 0.667. The second kappa shape index (κ2) is 7.97. The number of aliphatic hydroxyl groups is 1. The van der Waals surface area contributed by atoms with Crippen molar-refractivity contribution in [1.29, 1.82) is 0 Å². The minimum absolute atomic E-state index is 0.131. The molecular weight excluding hydrogens is 326 g/mol. The van der Waals surface area contributed by atoms with E-state index in [0.29, 0.717) is 6.04 Å². The molecule has 1 amide bonds. The first kappa shape index (κ1) is 17.8. The van der Waals surface area contributed by atoms with Crippen LogP contribution in [-0.4, -0.2) is 72.7 Å². The van der Waals surface area contributed by atoms with Crippen molar-refractivity contribution in [2.75, 3.05) is 50.8 Å². The predicted molar refractivity (Wildman–Crippen MR) is 104 cm³/mol. The van der Waals surface area contributed by atoms with Gasteiger partial charge in [-0.3, -0.25) is 9.69 Å². The van der Waals surface area contributed by atoms with Crippen LogP contribution in [0.1, 0.15) is 42.5 Å². The van der Waals surface area contributed by atoms with Crippen LogP contribution in [0.5, 0.6) is 0 Å². The molecule has 2 heterocycles. The molecule has 2 saturated heterocycles. The van der Waals surface area contributed by atoms with Crippen LogP contribution in [0.4, 0.5) is 5.69 Å². The molecule has 1 aromatic rings. The van der Waals surface area contributed by atoms with Crippen LogP contribution in [-0.2, 0) is 0 Å². The quantitative estimate of drug-likeness (QED) is 0.848. The average molecular weight is 357 g/mol. The summed E-state index contributed by atoms with van der Waals surface area (Å²) in [6, 6.07) is 8.43. The number of amides is 1. The van der Waals surface area contributed by atoms with Gasteiger partial charge in [-0.2, -0.15) is 0 Å². The number of benzene rings is 1. The second-order valence-electron chi connectivity index (χ2n) is 8.10. The fourth-order valence-corrected chi connectivity index (χ4v) is 4.35. The molecule has 3 aliphatic rings. The third-order valence-corrected chi connectivity index (χ3v) is 6.13. The molecule has 1 aliphatic carbocycles. The summed E-state index contributed by atoms with van der Waals surface area (Å²) < 4.78 is 0. The lowest BCUT2D eigenvalue weighted by atomic mass is 10.1. The minimum atomic E-state index is 0.131. The van der Waals surface area contributed by atoms with Crippen LogP contribution < -0.4 is 4.90 Å². The summed E-state index contributed by atoms with van der Waals surface area (Å²) in [4.78, 5) is 19.8. The molecule has 0 aromatic heterocycles. The van der Waals surface area contributed by atoms with Gasteiger partial charge in [0.15, 0.2) is 0 Å². The highest BCUT2D eigenvalue weighted by Crippen LogP contribution is 2.31. The number of carbonyl (C=O) groups is 1. The highest BCUT2D eigenvalue weighted by atomic mass is 16.3. The molecule has 5 nitrogen and oxygen atoms in total. The van der Waals surface area contributed by atoms with E-state index in [9.17, 15) is 9.90 Å². The Morgan fingerprint density at radius 3 is 2.42 bits per heavy atom. The lowest BCUT2D eigenvalue weighted by Gasteiger charge is -2.41. The summed E-state index contributed by atoms with van der Waals surface area (Å²) in [5.41, 5.74) is 2.01. The summed E-state index contributed by atoms with van der Waals surface area (Å²) >= 11 is 0. The van der Waals surface area contributed by atoms with Crippen molar-refractivity contribution in [2.24, 2.45) is 5.92 Å². The van der Waals surface area contributed by atoms with Crippen LogP contribution >= 0.6 is 0 Å². The Bertz CT molecular complexity index is 608. The van der Waals surface area contributed by atoms with Gasteiger partial charge in [0, 0.05) is 63.2 Å². The van der Waals surface area contributed by atoms with Gasteiger partial charge in [-0.15, -0.1) is 0 Å². The van der Waals surface area contributed by atoms with E-state index >= 15 is 0 Å². The molecular formula is C21H31N3O2. The molecule has 0 bridgehead atoms. The van der Waals surface area contributed by atoms with Gasteiger partial charge in [-0.25, -0.2) is 0 Å². The van der Waals surface area contributed by atoms with Crippen molar-refractivity contribution < 1.29 is 9.90 Å². The van der Waals surface area contributed by atoms with E-state index in [1.165, 1.54) is 31.4 Å². The Kier molecular flexibility index (Phi) is 5.46. The summed E-state index contributed by atoms with van der Waals surface area (Å²) in [5.74, 6) is 0.976. The van der Waals surface area contributed by atoms with Gasteiger partial charge in [0.1, 0.15) is 0 Å². The summed E-state index contributed by atoms with van der Waals surface area (Å²) in [7, 11) is 0. The number of carbonyl (C=O) groups excluding carboxylic acids is 1. The maximum absolute atomic E-state index is 13.0. The molecule has 1 saturated carbocycles. The van der Waals surface area contributed by atoms with Crippen molar-refractivity contribution in [1.82, 2.24) is 9.80 Å². The lowest BCUT2D eigenvalue weighted by Crippen LogP contribution is -2.55. The molecule has 1 N–H and O–H groups in total. The first-order chi connectivity index (χ1) is 12.7. The molecule has 0 unspecified atom stereocenters. The first-order valence-corrected chi connectivity index (χ1v) is 10.2. The number of anilines is 1. The second-order valence-corrected chi connectivity index (χ2v) is 8.10. The molecule has 1 atom stereocenters. The Morgan fingerprint density at radius 2 is 1.77 bits per heavy atom. The van der Waals surface area contributed by atoms with Gasteiger partial charge in [0.05, 0.1) is 0 Å². The van der Waals surface area contributed by atoms with Gasteiger partial charge in [0.25, 0.3) is 5.91 Å². The zero-order chi connectivity index (χ0) is 17.9. The average Bonchev–Trinajstić information content (AvgIpc) is 3.32. The Labute approximate surface area is 156 Å². The van der Waals surface area contributed by atoms with E-state index in [2.05, 4.69) is 21.9 Å². The molecule has 4 rings (SSSR count). The Hall–Kier alpha value is -1.59. The highest BCUT2D eigenvalue weighted by Gasteiger charge is 2.33. The monoisotopic (exact) mass is 357 g/mol. The van der Waals surface area contributed by atoms with Crippen molar-refractivity contribution >= 4 is 11.6 Å². The summed E-state index contributed by atoms with van der Waals surface area (Å²) in [6.45, 7) is 6.04. The van der Waals surface area contributed by atoms with Crippen molar-refractivity contribution in [2.45, 2.75) is 38.1 Å². The van der Waals surface area contributed by atoms with Crippen molar-refractivity contribution in [3.05, 3.63) is 29.8 Å². The molecule has 0 spiro atoms. The third-order valence-electron chi connectivity index (χ3n) is 6.13. The number of hydrogen-bond acceptors (Lipinski definition) is 4. The molecule has 26 heavy (non-hydrogen) atoms. The van der Waals surface area contributed by atoms with Crippen molar-refractivity contribution in [3.63, 3.8) is 0 Å². The Balaban J connectivity index is 1.39. The Morgan fingerprint density at radius 1 is 1.04 bits per heavy atom. The standard InChI is InChI=1S/C21H31N3O2/c25-14-9-20-16-24(13-12-23(20)15-17-3-4-17)21(26)18-5-7-19(8-6-18)22-10-1-2-11-22/h5-8,17,20,25H,1-4,9-16H2/t20-/m0/s1.